The number of nitrogens with zero attached hydrogens (tertiary/aromatic N) is 3. The SMILES string of the molecule is CCN1c2cc(C)c(/C=N\NC(=O)c3ccccn3)cc2C(C)=CC1(C)C. The van der Waals surface area contributed by atoms with E-state index < -0.39 is 0 Å². The van der Waals surface area contributed by atoms with Crippen molar-refractivity contribution in [1.29, 1.82) is 0 Å². The molecule has 3 rings (SSSR count). The number of hydrogen-bond donors (Lipinski definition) is 1. The molecule has 27 heavy (non-hydrogen) atoms. The Morgan fingerprint density at radius 3 is 2.74 bits per heavy atom. The predicted molar refractivity (Wildman–Crippen MR) is 111 cm³/mol. The van der Waals surface area contributed by atoms with Crippen LogP contribution in [0.15, 0.2) is 47.7 Å². The topological polar surface area (TPSA) is 57.6 Å². The quantitative estimate of drug-likeness (QED) is 0.656. The minimum atomic E-state index is -0.322. The lowest BCUT2D eigenvalue weighted by molar-refractivity contribution is 0.0950. The zero-order chi connectivity index (χ0) is 19.6. The van der Waals surface area contributed by atoms with Crippen LogP contribution in [0.4, 0.5) is 5.69 Å². The van der Waals surface area contributed by atoms with Crippen LogP contribution in [0.5, 0.6) is 0 Å². The molecule has 0 atom stereocenters. The molecule has 0 fully saturated rings. The number of likely N-dealkylation sites (N-methyl/N-ethyl adjacent to an activating group) is 1. The van der Waals surface area contributed by atoms with Gasteiger partial charge in [0.1, 0.15) is 5.69 Å². The van der Waals surface area contributed by atoms with Crippen LogP contribution in [0.3, 0.4) is 0 Å². The molecule has 5 nitrogen and oxygen atoms in total. The molecule has 1 aliphatic rings. The van der Waals surface area contributed by atoms with Crippen molar-refractivity contribution in [1.82, 2.24) is 10.4 Å². The Morgan fingerprint density at radius 1 is 1.30 bits per heavy atom. The Labute approximate surface area is 160 Å². The van der Waals surface area contributed by atoms with Gasteiger partial charge in [0.05, 0.1) is 11.8 Å². The van der Waals surface area contributed by atoms with Gasteiger partial charge >= 0.3 is 0 Å². The molecule has 1 aliphatic heterocycles. The van der Waals surface area contributed by atoms with Gasteiger partial charge < -0.3 is 4.90 Å². The Bertz CT molecular complexity index is 913. The first-order valence-corrected chi connectivity index (χ1v) is 9.20. The Hall–Kier alpha value is -2.95. The van der Waals surface area contributed by atoms with E-state index in [0.717, 1.165) is 17.7 Å². The van der Waals surface area contributed by atoms with Crippen LogP contribution in [0, 0.1) is 6.92 Å². The molecule has 0 aliphatic carbocycles. The molecule has 2 aromatic rings. The summed E-state index contributed by atoms with van der Waals surface area (Å²) in [5, 5.41) is 4.12. The number of amides is 1. The van der Waals surface area contributed by atoms with Gasteiger partial charge in [0.2, 0.25) is 0 Å². The number of carbonyl (C=O) groups excluding carboxylic acids is 1. The minimum absolute atomic E-state index is 0.00939. The van der Waals surface area contributed by atoms with Crippen LogP contribution in [-0.4, -0.2) is 29.2 Å². The van der Waals surface area contributed by atoms with E-state index in [1.54, 1.807) is 30.6 Å². The van der Waals surface area contributed by atoms with Gasteiger partial charge in [0, 0.05) is 24.0 Å². The summed E-state index contributed by atoms with van der Waals surface area (Å²) in [6.07, 6.45) is 5.58. The highest BCUT2D eigenvalue weighted by atomic mass is 16.2. The van der Waals surface area contributed by atoms with Crippen molar-refractivity contribution in [2.75, 3.05) is 11.4 Å². The Balaban J connectivity index is 1.86. The zero-order valence-electron chi connectivity index (χ0n) is 16.6. The fourth-order valence-electron chi connectivity index (χ4n) is 3.68. The number of rotatable bonds is 4. The molecule has 140 valence electrons. The maximum Gasteiger partial charge on any atom is 0.289 e. The minimum Gasteiger partial charge on any atom is -0.363 e. The molecule has 2 heterocycles. The lowest BCUT2D eigenvalue weighted by Gasteiger charge is -2.43. The van der Waals surface area contributed by atoms with Crippen LogP contribution in [-0.2, 0) is 0 Å². The fourth-order valence-corrected chi connectivity index (χ4v) is 3.68. The number of pyridine rings is 1. The summed E-state index contributed by atoms with van der Waals surface area (Å²) in [5.74, 6) is -0.322. The van der Waals surface area contributed by atoms with Crippen molar-refractivity contribution in [2.45, 2.75) is 40.2 Å². The van der Waals surface area contributed by atoms with Gasteiger partial charge in [-0.15, -0.1) is 0 Å². The molecular formula is C22H26N4O. The van der Waals surface area contributed by atoms with Crippen LogP contribution in [0.25, 0.3) is 5.57 Å². The third-order valence-corrected chi connectivity index (χ3v) is 4.95. The van der Waals surface area contributed by atoms with Gasteiger partial charge in [-0.25, -0.2) is 5.43 Å². The molecule has 0 saturated heterocycles. The molecule has 0 saturated carbocycles. The Morgan fingerprint density at radius 2 is 2.07 bits per heavy atom. The van der Waals surface area contributed by atoms with E-state index in [2.05, 4.69) is 73.2 Å². The highest BCUT2D eigenvalue weighted by Crippen LogP contribution is 2.39. The van der Waals surface area contributed by atoms with E-state index in [-0.39, 0.29) is 11.4 Å². The first kappa shape index (κ1) is 18.8. The molecule has 0 spiro atoms. The fraction of sp³-hybridized carbons (Fsp3) is 0.318. The molecule has 0 radical (unpaired) electrons. The highest BCUT2D eigenvalue weighted by Gasteiger charge is 2.30. The summed E-state index contributed by atoms with van der Waals surface area (Å²) < 4.78 is 0. The summed E-state index contributed by atoms with van der Waals surface area (Å²) in [6.45, 7) is 11.8. The van der Waals surface area contributed by atoms with Crippen LogP contribution >= 0.6 is 0 Å². The molecule has 0 unspecified atom stereocenters. The summed E-state index contributed by atoms with van der Waals surface area (Å²) >= 11 is 0. The van der Waals surface area contributed by atoms with Gasteiger partial charge in [0.15, 0.2) is 0 Å². The number of carbonyl (C=O) groups is 1. The number of aromatic nitrogens is 1. The summed E-state index contributed by atoms with van der Waals surface area (Å²) in [7, 11) is 0. The molecule has 1 amide bonds. The number of anilines is 1. The second kappa shape index (κ2) is 7.35. The number of benzene rings is 1. The number of nitrogens with one attached hydrogen (secondary N) is 1. The van der Waals surface area contributed by atoms with Gasteiger partial charge in [-0.2, -0.15) is 5.10 Å². The largest absolute Gasteiger partial charge is 0.363 e. The van der Waals surface area contributed by atoms with Gasteiger partial charge in [0.25, 0.3) is 5.91 Å². The lowest BCUT2D eigenvalue weighted by atomic mass is 9.87. The number of allylic oxidation sites excluding steroid dienone is 1. The molecule has 5 heteroatoms. The van der Waals surface area contributed by atoms with Crippen LogP contribution in [0.1, 0.15) is 54.9 Å². The standard InChI is InChI=1S/C22H26N4O/c1-6-26-20-11-15(2)17(12-18(20)16(3)13-22(26,4)5)14-24-25-21(27)19-9-7-8-10-23-19/h7-14H,6H2,1-5H3,(H,25,27)/b24-14-. The summed E-state index contributed by atoms with van der Waals surface area (Å²) in [4.78, 5) is 18.5. The predicted octanol–water partition coefficient (Wildman–Crippen LogP) is 4.18. The van der Waals surface area contributed by atoms with E-state index in [4.69, 9.17) is 0 Å². The van der Waals surface area contributed by atoms with Crippen LogP contribution in [0.2, 0.25) is 0 Å². The average molecular weight is 362 g/mol. The first-order valence-electron chi connectivity index (χ1n) is 9.20. The van der Waals surface area contributed by atoms with E-state index >= 15 is 0 Å². The smallest absolute Gasteiger partial charge is 0.289 e. The maximum absolute atomic E-state index is 12.1. The molecule has 1 N–H and O–H groups in total. The second-order valence-corrected chi connectivity index (χ2v) is 7.37. The number of hydrogen-bond acceptors (Lipinski definition) is 4. The van der Waals surface area contributed by atoms with Crippen molar-refractivity contribution in [3.05, 3.63) is 65.0 Å². The van der Waals surface area contributed by atoms with Gasteiger partial charge in [-0.3, -0.25) is 9.78 Å². The zero-order valence-corrected chi connectivity index (χ0v) is 16.6. The average Bonchev–Trinajstić information content (AvgIpc) is 2.63. The first-order chi connectivity index (χ1) is 12.8. The van der Waals surface area contributed by atoms with E-state index in [0.29, 0.717) is 5.69 Å². The van der Waals surface area contributed by atoms with Gasteiger partial charge in [-0.05, 0) is 75.6 Å². The summed E-state index contributed by atoms with van der Waals surface area (Å²) in [5.41, 5.74) is 8.69. The molecular weight excluding hydrogens is 336 g/mol. The third-order valence-electron chi connectivity index (χ3n) is 4.95. The van der Waals surface area contributed by atoms with Crippen molar-refractivity contribution in [3.8, 4) is 0 Å². The third kappa shape index (κ3) is 3.77. The van der Waals surface area contributed by atoms with Crippen LogP contribution < -0.4 is 10.3 Å². The number of hydrazone groups is 1. The number of fused-ring (bicyclic) bond motifs is 1. The second-order valence-electron chi connectivity index (χ2n) is 7.37. The molecule has 1 aromatic carbocycles. The van der Waals surface area contributed by atoms with E-state index in [1.165, 1.54) is 16.8 Å². The lowest BCUT2D eigenvalue weighted by Crippen LogP contribution is -2.45. The normalized spacial score (nSPS) is 15.4. The van der Waals surface area contributed by atoms with E-state index in [1.807, 2.05) is 0 Å². The van der Waals surface area contributed by atoms with Crippen molar-refractivity contribution in [3.63, 3.8) is 0 Å². The highest BCUT2D eigenvalue weighted by molar-refractivity contribution is 5.94. The van der Waals surface area contributed by atoms with Crippen molar-refractivity contribution < 1.29 is 4.79 Å². The molecule has 0 bridgehead atoms. The van der Waals surface area contributed by atoms with Crippen molar-refractivity contribution in [2.24, 2.45) is 5.10 Å². The number of aryl methyl sites for hydroxylation is 1. The van der Waals surface area contributed by atoms with Gasteiger partial charge in [-0.1, -0.05) is 12.1 Å². The van der Waals surface area contributed by atoms with E-state index in [9.17, 15) is 4.79 Å². The summed E-state index contributed by atoms with van der Waals surface area (Å²) in [6, 6.07) is 9.55. The monoisotopic (exact) mass is 362 g/mol. The molecule has 1 aromatic heterocycles. The Kier molecular flexibility index (Phi) is 5.13. The van der Waals surface area contributed by atoms with Crippen molar-refractivity contribution >= 4 is 23.4 Å². The maximum atomic E-state index is 12.1.